The lowest BCUT2D eigenvalue weighted by Gasteiger charge is -2.14. The van der Waals surface area contributed by atoms with Crippen molar-refractivity contribution in [3.8, 4) is 0 Å². The van der Waals surface area contributed by atoms with Crippen molar-refractivity contribution in [2.75, 3.05) is 0 Å². The van der Waals surface area contributed by atoms with E-state index in [-0.39, 0.29) is 5.25 Å². The first-order valence-corrected chi connectivity index (χ1v) is 6.44. The van der Waals surface area contributed by atoms with Gasteiger partial charge in [-0.1, -0.05) is 6.08 Å². The zero-order chi connectivity index (χ0) is 9.31. The van der Waals surface area contributed by atoms with Crippen LogP contribution >= 0.6 is 0 Å². The van der Waals surface area contributed by atoms with Crippen molar-refractivity contribution in [1.82, 2.24) is 4.72 Å². The van der Waals surface area contributed by atoms with E-state index in [1.807, 2.05) is 6.08 Å². The summed E-state index contributed by atoms with van der Waals surface area (Å²) in [5.74, 6) is 0. The van der Waals surface area contributed by atoms with Gasteiger partial charge in [0.25, 0.3) is 0 Å². The van der Waals surface area contributed by atoms with Crippen molar-refractivity contribution >= 4 is 10.0 Å². The first-order chi connectivity index (χ1) is 6.18. The molecule has 1 saturated carbocycles. The molecule has 13 heavy (non-hydrogen) atoms. The van der Waals surface area contributed by atoms with Crippen molar-refractivity contribution in [2.24, 2.45) is 0 Å². The van der Waals surface area contributed by atoms with Crippen molar-refractivity contribution < 1.29 is 8.42 Å². The predicted octanol–water partition coefficient (Wildman–Crippen LogP) is 1.53. The zero-order valence-corrected chi connectivity index (χ0v) is 8.44. The van der Waals surface area contributed by atoms with Gasteiger partial charge in [0.15, 0.2) is 0 Å². The fourth-order valence-electron chi connectivity index (χ4n) is 1.58. The first kappa shape index (κ1) is 9.06. The van der Waals surface area contributed by atoms with Crippen LogP contribution in [0.4, 0.5) is 0 Å². The number of sulfonamides is 1. The van der Waals surface area contributed by atoms with Gasteiger partial charge in [-0.05, 0) is 38.5 Å². The molecule has 1 fully saturated rings. The van der Waals surface area contributed by atoms with Gasteiger partial charge < -0.3 is 0 Å². The largest absolute Gasteiger partial charge is 0.287 e. The van der Waals surface area contributed by atoms with Gasteiger partial charge in [0.05, 0.1) is 5.25 Å². The van der Waals surface area contributed by atoms with Gasteiger partial charge in [0.2, 0.25) is 10.0 Å². The number of hydrogen-bond donors (Lipinski definition) is 1. The molecule has 0 aromatic carbocycles. The van der Waals surface area contributed by atoms with Gasteiger partial charge in [0, 0.05) is 5.70 Å². The first-order valence-electron chi connectivity index (χ1n) is 4.89. The third-order valence-corrected chi connectivity index (χ3v) is 4.42. The molecule has 2 aliphatic rings. The summed E-state index contributed by atoms with van der Waals surface area (Å²) in [4.78, 5) is 0. The summed E-state index contributed by atoms with van der Waals surface area (Å²) in [7, 11) is -3.01. The fourth-order valence-corrected chi connectivity index (χ4v) is 3.05. The molecule has 1 N–H and O–H groups in total. The summed E-state index contributed by atoms with van der Waals surface area (Å²) in [6.07, 6.45) is 7.90. The van der Waals surface area contributed by atoms with Crippen LogP contribution in [0, 0.1) is 0 Å². The van der Waals surface area contributed by atoms with Gasteiger partial charge >= 0.3 is 0 Å². The van der Waals surface area contributed by atoms with Crippen molar-refractivity contribution in [3.05, 3.63) is 11.8 Å². The highest BCUT2D eigenvalue weighted by Crippen LogP contribution is 2.28. The van der Waals surface area contributed by atoms with E-state index < -0.39 is 10.0 Å². The van der Waals surface area contributed by atoms with Gasteiger partial charge in [-0.25, -0.2) is 8.42 Å². The van der Waals surface area contributed by atoms with Crippen LogP contribution in [0.3, 0.4) is 0 Å². The van der Waals surface area contributed by atoms with Crippen LogP contribution < -0.4 is 4.72 Å². The Morgan fingerprint density at radius 1 is 1.31 bits per heavy atom. The normalized spacial score (nSPS) is 23.8. The molecule has 0 aromatic rings. The van der Waals surface area contributed by atoms with Crippen molar-refractivity contribution in [3.63, 3.8) is 0 Å². The monoisotopic (exact) mass is 201 g/mol. The number of hydrogen-bond acceptors (Lipinski definition) is 2. The summed E-state index contributed by atoms with van der Waals surface area (Å²) in [5.41, 5.74) is 0.915. The summed E-state index contributed by atoms with van der Waals surface area (Å²) in [5, 5.41) is -0.102. The molecule has 0 spiro atoms. The second-order valence-corrected chi connectivity index (χ2v) is 5.78. The molecule has 74 valence electrons. The Balaban J connectivity index is 1.99. The summed E-state index contributed by atoms with van der Waals surface area (Å²) >= 11 is 0. The third kappa shape index (κ3) is 2.24. The molecule has 0 radical (unpaired) electrons. The maximum atomic E-state index is 11.5. The number of rotatable bonds is 3. The zero-order valence-electron chi connectivity index (χ0n) is 7.62. The molecule has 0 heterocycles. The van der Waals surface area contributed by atoms with Crippen LogP contribution in [0.1, 0.15) is 38.5 Å². The SMILES string of the molecule is O=S(=O)(NC1=CCCCC1)C1CC1. The lowest BCUT2D eigenvalue weighted by molar-refractivity contribution is 0.581. The van der Waals surface area contributed by atoms with Crippen molar-refractivity contribution in [2.45, 2.75) is 43.8 Å². The van der Waals surface area contributed by atoms with E-state index in [9.17, 15) is 8.42 Å². The van der Waals surface area contributed by atoms with Crippen LogP contribution in [0.25, 0.3) is 0 Å². The van der Waals surface area contributed by atoms with Crippen LogP contribution in [0.2, 0.25) is 0 Å². The van der Waals surface area contributed by atoms with E-state index in [2.05, 4.69) is 4.72 Å². The standard InChI is InChI=1S/C9H15NO2S/c11-13(12,9-6-7-9)10-8-4-2-1-3-5-8/h4,9-10H,1-3,5-7H2. The molecule has 0 aliphatic heterocycles. The molecular formula is C9H15NO2S. The smallest absolute Gasteiger partial charge is 0.235 e. The molecule has 2 rings (SSSR count). The summed E-state index contributed by atoms with van der Waals surface area (Å²) in [6.45, 7) is 0. The minimum absolute atomic E-state index is 0.102. The van der Waals surface area contributed by atoms with E-state index >= 15 is 0 Å². The Labute approximate surface area is 79.3 Å². The predicted molar refractivity (Wildman–Crippen MR) is 51.6 cm³/mol. The van der Waals surface area contributed by atoms with Crippen LogP contribution in [0.5, 0.6) is 0 Å². The summed E-state index contributed by atoms with van der Waals surface area (Å²) < 4.78 is 25.7. The van der Waals surface area contributed by atoms with E-state index in [0.717, 1.165) is 37.8 Å². The van der Waals surface area contributed by atoms with Gasteiger partial charge in [0.1, 0.15) is 0 Å². The molecule has 4 heteroatoms. The molecule has 3 nitrogen and oxygen atoms in total. The van der Waals surface area contributed by atoms with Gasteiger partial charge in [-0.3, -0.25) is 4.72 Å². The molecular weight excluding hydrogens is 186 g/mol. The van der Waals surface area contributed by atoms with E-state index in [0.29, 0.717) is 0 Å². The summed E-state index contributed by atoms with van der Waals surface area (Å²) in [6, 6.07) is 0. The highest BCUT2D eigenvalue weighted by Gasteiger charge is 2.35. The van der Waals surface area contributed by atoms with E-state index in [4.69, 9.17) is 0 Å². The number of nitrogens with one attached hydrogen (secondary N) is 1. The third-order valence-electron chi connectivity index (χ3n) is 2.53. The maximum Gasteiger partial charge on any atom is 0.235 e. The Bertz CT molecular complexity index is 315. The van der Waals surface area contributed by atoms with Crippen molar-refractivity contribution in [1.29, 1.82) is 0 Å². The lowest BCUT2D eigenvalue weighted by atomic mass is 10.1. The minimum Gasteiger partial charge on any atom is -0.287 e. The Kier molecular flexibility index (Phi) is 2.32. The quantitative estimate of drug-likeness (QED) is 0.752. The topological polar surface area (TPSA) is 46.2 Å². The molecule has 0 saturated heterocycles. The van der Waals surface area contributed by atoms with Crippen LogP contribution in [0.15, 0.2) is 11.8 Å². The average Bonchev–Trinajstić information content (AvgIpc) is 2.87. The van der Waals surface area contributed by atoms with Crippen LogP contribution in [-0.2, 0) is 10.0 Å². The highest BCUT2D eigenvalue weighted by molar-refractivity contribution is 7.90. The maximum absolute atomic E-state index is 11.5. The Morgan fingerprint density at radius 3 is 2.62 bits per heavy atom. The molecule has 0 amide bonds. The second-order valence-electron chi connectivity index (χ2n) is 3.82. The minimum atomic E-state index is -3.01. The average molecular weight is 201 g/mol. The molecule has 0 unspecified atom stereocenters. The van der Waals surface area contributed by atoms with Gasteiger partial charge in [-0.2, -0.15) is 0 Å². The van der Waals surface area contributed by atoms with E-state index in [1.54, 1.807) is 0 Å². The number of allylic oxidation sites excluding steroid dienone is 2. The van der Waals surface area contributed by atoms with Gasteiger partial charge in [-0.15, -0.1) is 0 Å². The molecule has 0 bridgehead atoms. The molecule has 0 atom stereocenters. The lowest BCUT2D eigenvalue weighted by Crippen LogP contribution is -2.27. The van der Waals surface area contributed by atoms with Crippen LogP contribution in [-0.4, -0.2) is 13.7 Å². The Morgan fingerprint density at radius 2 is 2.08 bits per heavy atom. The fraction of sp³-hybridized carbons (Fsp3) is 0.778. The highest BCUT2D eigenvalue weighted by atomic mass is 32.2. The molecule has 2 aliphatic carbocycles. The second kappa shape index (κ2) is 3.33. The Hall–Kier alpha value is -0.510. The van der Waals surface area contributed by atoms with E-state index in [1.165, 1.54) is 6.42 Å². The molecule has 0 aromatic heterocycles.